The van der Waals surface area contributed by atoms with Gasteiger partial charge in [-0.25, -0.2) is 0 Å². The summed E-state index contributed by atoms with van der Waals surface area (Å²) < 4.78 is 5.88. The maximum atomic E-state index is 13.2. The fourth-order valence-corrected chi connectivity index (χ4v) is 7.00. The average Bonchev–Trinajstić information content (AvgIpc) is 3.25. The van der Waals surface area contributed by atoms with E-state index in [0.717, 1.165) is 77.0 Å². The predicted molar refractivity (Wildman–Crippen MR) is 264 cm³/mol. The van der Waals surface area contributed by atoms with Crippen LogP contribution in [-0.4, -0.2) is 46.9 Å². The molecule has 6 nitrogen and oxygen atoms in total. The number of hydrogen-bond acceptors (Lipinski definition) is 5. The van der Waals surface area contributed by atoms with Crippen LogP contribution in [-0.2, 0) is 14.3 Å². The zero-order chi connectivity index (χ0) is 44.5. The van der Waals surface area contributed by atoms with E-state index in [1.54, 1.807) is 0 Å². The van der Waals surface area contributed by atoms with Crippen LogP contribution in [0.5, 0.6) is 0 Å². The molecule has 0 aromatic carbocycles. The summed E-state index contributed by atoms with van der Waals surface area (Å²) in [5.74, 6) is -0.592. The fourth-order valence-electron chi connectivity index (χ4n) is 7.00. The van der Waals surface area contributed by atoms with Gasteiger partial charge in [0.15, 0.2) is 0 Å². The molecule has 0 bridgehead atoms. The smallest absolute Gasteiger partial charge is 0.306 e. The van der Waals surface area contributed by atoms with Crippen LogP contribution in [0.3, 0.4) is 0 Å². The molecule has 0 aliphatic rings. The van der Waals surface area contributed by atoms with E-state index >= 15 is 0 Å². The zero-order valence-electron chi connectivity index (χ0n) is 39.5. The van der Waals surface area contributed by atoms with E-state index in [4.69, 9.17) is 4.74 Å². The molecule has 0 fully saturated rings. The fraction of sp³-hybridized carbons (Fsp3) is 0.673. The number of aliphatic hydroxyl groups is 2. The average molecular weight is 848 g/mol. The maximum absolute atomic E-state index is 13.2. The SMILES string of the molecule is CC/C=C/C=C/C=C\C=C/C=C/CCCC(=O)OC(CCCCCC/C=C\C/C=C\C/C=C\CCCCC)CC(=O)NC(CO)C(O)CCCCCCCCCCCCCC. The van der Waals surface area contributed by atoms with Gasteiger partial charge in [-0.15, -0.1) is 0 Å². The van der Waals surface area contributed by atoms with Crippen molar-refractivity contribution in [2.45, 2.75) is 232 Å². The summed E-state index contributed by atoms with van der Waals surface area (Å²) in [5, 5.41) is 23.7. The van der Waals surface area contributed by atoms with Gasteiger partial charge in [-0.2, -0.15) is 0 Å². The Labute approximate surface area is 376 Å². The highest BCUT2D eigenvalue weighted by Crippen LogP contribution is 2.17. The Bertz CT molecular complexity index is 1220. The minimum atomic E-state index is -0.811. The van der Waals surface area contributed by atoms with Gasteiger partial charge in [-0.1, -0.05) is 221 Å². The quantitative estimate of drug-likeness (QED) is 0.0246. The molecular weight excluding hydrogens is 755 g/mol. The number of hydrogen-bond donors (Lipinski definition) is 3. The van der Waals surface area contributed by atoms with Crippen molar-refractivity contribution in [2.75, 3.05) is 6.61 Å². The first kappa shape index (κ1) is 57.8. The number of aliphatic hydroxyl groups excluding tert-OH is 2. The maximum Gasteiger partial charge on any atom is 0.306 e. The Kier molecular flexibility index (Phi) is 45.3. The van der Waals surface area contributed by atoms with Crippen molar-refractivity contribution >= 4 is 11.9 Å². The molecule has 3 atom stereocenters. The molecule has 0 aliphatic carbocycles. The van der Waals surface area contributed by atoms with Gasteiger partial charge in [0.2, 0.25) is 5.91 Å². The Morgan fingerprint density at radius 3 is 1.51 bits per heavy atom. The van der Waals surface area contributed by atoms with Crippen molar-refractivity contribution in [3.05, 3.63) is 97.2 Å². The van der Waals surface area contributed by atoms with Gasteiger partial charge in [0.1, 0.15) is 6.10 Å². The Morgan fingerprint density at radius 2 is 0.951 bits per heavy atom. The lowest BCUT2D eigenvalue weighted by Gasteiger charge is -2.24. The molecular formula is C55H93NO5. The van der Waals surface area contributed by atoms with Gasteiger partial charge in [0.05, 0.1) is 25.2 Å². The Morgan fingerprint density at radius 1 is 0.508 bits per heavy atom. The molecule has 61 heavy (non-hydrogen) atoms. The molecule has 0 saturated heterocycles. The first-order chi connectivity index (χ1) is 30.0. The summed E-state index contributed by atoms with van der Waals surface area (Å²) in [6.45, 7) is 6.27. The molecule has 348 valence electrons. The molecule has 0 heterocycles. The zero-order valence-corrected chi connectivity index (χ0v) is 39.5. The molecule has 0 rings (SSSR count). The van der Waals surface area contributed by atoms with Gasteiger partial charge in [-0.05, 0) is 77.0 Å². The summed E-state index contributed by atoms with van der Waals surface area (Å²) in [6.07, 6.45) is 63.2. The highest BCUT2D eigenvalue weighted by molar-refractivity contribution is 5.77. The van der Waals surface area contributed by atoms with Crippen LogP contribution in [0.4, 0.5) is 0 Å². The van der Waals surface area contributed by atoms with E-state index in [1.807, 2.05) is 54.7 Å². The Hall–Kier alpha value is -3.22. The lowest BCUT2D eigenvalue weighted by atomic mass is 10.0. The molecule has 0 aromatic rings. The second kappa shape index (κ2) is 47.8. The molecule has 0 aliphatic heterocycles. The first-order valence-corrected chi connectivity index (χ1v) is 25.0. The minimum Gasteiger partial charge on any atom is -0.462 e. The van der Waals surface area contributed by atoms with E-state index in [-0.39, 0.29) is 31.3 Å². The number of carbonyl (C=O) groups is 2. The van der Waals surface area contributed by atoms with Gasteiger partial charge in [0, 0.05) is 6.42 Å². The highest BCUT2D eigenvalue weighted by Gasteiger charge is 2.24. The lowest BCUT2D eigenvalue weighted by Crippen LogP contribution is -2.46. The topological polar surface area (TPSA) is 95.9 Å². The van der Waals surface area contributed by atoms with Crippen molar-refractivity contribution in [1.29, 1.82) is 0 Å². The first-order valence-electron chi connectivity index (χ1n) is 25.0. The molecule has 0 saturated carbocycles. The second-order valence-electron chi connectivity index (χ2n) is 16.6. The standard InChI is InChI=1S/C55H93NO5/c1-4-7-10-13-16-19-22-25-26-27-28-30-31-34-37-40-43-46-51(61-55(60)48-45-42-39-36-33-29-23-20-17-14-11-8-5-2)49-54(59)56-52(50-57)53(58)47-44-41-38-35-32-24-21-18-15-12-9-6-3/h8,11,14,16-17,19-20,23,25-26,28-30,33,36,39,51-53,57-58H,4-7,9-10,12-13,15,18,21-22,24,27,31-32,34-35,37-38,40-50H2,1-3H3,(H,56,59)/b11-8+,17-14+,19-16-,23-20-,26-25-,30-28-,33-29-,39-36+. The van der Waals surface area contributed by atoms with E-state index < -0.39 is 18.2 Å². The van der Waals surface area contributed by atoms with Crippen LogP contribution in [0.15, 0.2) is 97.2 Å². The van der Waals surface area contributed by atoms with Crippen LogP contribution in [0.25, 0.3) is 0 Å². The molecule has 6 heteroatoms. The van der Waals surface area contributed by atoms with Crippen LogP contribution in [0.1, 0.15) is 213 Å². The summed E-state index contributed by atoms with van der Waals surface area (Å²) >= 11 is 0. The van der Waals surface area contributed by atoms with E-state index in [9.17, 15) is 19.8 Å². The van der Waals surface area contributed by atoms with Crippen LogP contribution in [0.2, 0.25) is 0 Å². The summed E-state index contributed by atoms with van der Waals surface area (Å²) in [7, 11) is 0. The molecule has 0 radical (unpaired) electrons. The third-order valence-corrected chi connectivity index (χ3v) is 10.8. The van der Waals surface area contributed by atoms with Crippen LogP contribution < -0.4 is 5.32 Å². The molecule has 1 amide bonds. The molecule has 3 unspecified atom stereocenters. The van der Waals surface area contributed by atoms with E-state index in [1.165, 1.54) is 83.5 Å². The van der Waals surface area contributed by atoms with Crippen molar-refractivity contribution in [2.24, 2.45) is 0 Å². The minimum absolute atomic E-state index is 0.0285. The monoisotopic (exact) mass is 848 g/mol. The van der Waals surface area contributed by atoms with Crippen molar-refractivity contribution in [3.8, 4) is 0 Å². The third kappa shape index (κ3) is 43.2. The van der Waals surface area contributed by atoms with Crippen LogP contribution >= 0.6 is 0 Å². The van der Waals surface area contributed by atoms with Crippen molar-refractivity contribution in [1.82, 2.24) is 5.32 Å². The number of nitrogens with one attached hydrogen (secondary N) is 1. The van der Waals surface area contributed by atoms with Gasteiger partial charge in [-0.3, -0.25) is 9.59 Å². The largest absolute Gasteiger partial charge is 0.462 e. The van der Waals surface area contributed by atoms with Gasteiger partial charge < -0.3 is 20.3 Å². The highest BCUT2D eigenvalue weighted by atomic mass is 16.5. The van der Waals surface area contributed by atoms with Crippen molar-refractivity contribution in [3.63, 3.8) is 0 Å². The predicted octanol–water partition coefficient (Wildman–Crippen LogP) is 14.9. The molecule has 3 N–H and O–H groups in total. The van der Waals surface area contributed by atoms with E-state index in [0.29, 0.717) is 19.3 Å². The number of esters is 1. The number of unbranched alkanes of at least 4 members (excludes halogenated alkanes) is 19. The van der Waals surface area contributed by atoms with E-state index in [2.05, 4.69) is 68.6 Å². The second-order valence-corrected chi connectivity index (χ2v) is 16.6. The summed E-state index contributed by atoms with van der Waals surface area (Å²) in [4.78, 5) is 26.1. The van der Waals surface area contributed by atoms with Gasteiger partial charge >= 0.3 is 5.97 Å². The Balaban J connectivity index is 4.77. The summed E-state index contributed by atoms with van der Waals surface area (Å²) in [6, 6.07) is -0.729. The third-order valence-electron chi connectivity index (χ3n) is 10.8. The number of ether oxygens (including phenoxy) is 1. The lowest BCUT2D eigenvalue weighted by molar-refractivity contribution is -0.151. The summed E-state index contributed by atoms with van der Waals surface area (Å²) in [5.41, 5.74) is 0. The van der Waals surface area contributed by atoms with Gasteiger partial charge in [0.25, 0.3) is 0 Å². The molecule has 0 spiro atoms. The van der Waals surface area contributed by atoms with Crippen LogP contribution in [0, 0.1) is 0 Å². The number of allylic oxidation sites excluding steroid dienone is 16. The van der Waals surface area contributed by atoms with Crippen molar-refractivity contribution < 1.29 is 24.5 Å². The molecule has 0 aromatic heterocycles. The number of carbonyl (C=O) groups excluding carboxylic acids is 2. The normalized spacial score (nSPS) is 14.1. The number of rotatable bonds is 43. The number of amides is 1.